The minimum atomic E-state index is -2.36. The molecule has 0 bridgehead atoms. The molecule has 0 spiro atoms. The molecule has 34 heavy (non-hydrogen) atoms. The summed E-state index contributed by atoms with van der Waals surface area (Å²) in [5.41, 5.74) is 1.27. The SMILES string of the molecule is Cc1cc(OC(=O)COc2c(F)c(F)c(F)c(F)c2F)cc2c1C(=O)/C(=C/c1cccnc1)O2. The minimum absolute atomic E-state index is 0.0178. The molecular formula is C23H12F5NO5. The maximum absolute atomic E-state index is 13.7. The number of rotatable bonds is 5. The molecule has 0 amide bonds. The Bertz CT molecular complexity index is 1330. The van der Waals surface area contributed by atoms with Gasteiger partial charge in [0.25, 0.3) is 0 Å². The van der Waals surface area contributed by atoms with Crippen molar-refractivity contribution < 1.29 is 45.8 Å². The van der Waals surface area contributed by atoms with Gasteiger partial charge in [-0.3, -0.25) is 9.78 Å². The van der Waals surface area contributed by atoms with Crippen LogP contribution in [0.2, 0.25) is 0 Å². The second-order valence-corrected chi connectivity index (χ2v) is 7.00. The molecule has 3 aromatic rings. The van der Waals surface area contributed by atoms with Gasteiger partial charge in [-0.25, -0.2) is 18.0 Å². The van der Waals surface area contributed by atoms with Gasteiger partial charge in [0.1, 0.15) is 11.5 Å². The Balaban J connectivity index is 1.49. The lowest BCUT2D eigenvalue weighted by Crippen LogP contribution is -2.19. The van der Waals surface area contributed by atoms with Crippen LogP contribution in [0.3, 0.4) is 0 Å². The topological polar surface area (TPSA) is 74.7 Å². The van der Waals surface area contributed by atoms with Gasteiger partial charge in [0.05, 0.1) is 5.56 Å². The zero-order chi connectivity index (χ0) is 24.6. The minimum Gasteiger partial charge on any atom is -0.476 e. The van der Waals surface area contributed by atoms with E-state index < -0.39 is 53.2 Å². The van der Waals surface area contributed by atoms with E-state index in [1.54, 1.807) is 25.3 Å². The highest BCUT2D eigenvalue weighted by Crippen LogP contribution is 2.37. The Morgan fingerprint density at radius 3 is 2.38 bits per heavy atom. The van der Waals surface area contributed by atoms with Crippen molar-refractivity contribution in [3.63, 3.8) is 0 Å². The number of fused-ring (bicyclic) bond motifs is 1. The summed E-state index contributed by atoms with van der Waals surface area (Å²) in [4.78, 5) is 28.6. The highest BCUT2D eigenvalue weighted by Gasteiger charge is 2.31. The van der Waals surface area contributed by atoms with Crippen molar-refractivity contribution in [2.45, 2.75) is 6.92 Å². The van der Waals surface area contributed by atoms with Crippen LogP contribution in [0.25, 0.3) is 6.08 Å². The van der Waals surface area contributed by atoms with Gasteiger partial charge in [0.15, 0.2) is 18.1 Å². The van der Waals surface area contributed by atoms with Crippen LogP contribution in [0.5, 0.6) is 17.2 Å². The Kier molecular flexibility index (Phi) is 6.01. The van der Waals surface area contributed by atoms with Crippen LogP contribution < -0.4 is 14.2 Å². The predicted octanol–water partition coefficient (Wildman–Crippen LogP) is 4.69. The molecule has 0 N–H and O–H groups in total. The van der Waals surface area contributed by atoms with Gasteiger partial charge >= 0.3 is 5.97 Å². The first-order valence-electron chi connectivity index (χ1n) is 9.51. The fraction of sp³-hybridized carbons (Fsp3) is 0.0870. The van der Waals surface area contributed by atoms with Crippen molar-refractivity contribution >= 4 is 17.8 Å². The van der Waals surface area contributed by atoms with E-state index in [2.05, 4.69) is 9.72 Å². The standard InChI is InChI=1S/C23H12F5NO5/c1-10-5-12(7-13-16(10)22(31)14(34-13)6-11-3-2-4-29-8-11)33-15(30)9-32-23-20(27)18(25)17(24)19(26)21(23)28/h2-8H,9H2,1H3/b14-6-. The predicted molar refractivity (Wildman–Crippen MR) is 106 cm³/mol. The molecule has 0 atom stereocenters. The van der Waals surface area contributed by atoms with Crippen molar-refractivity contribution in [1.29, 1.82) is 0 Å². The van der Waals surface area contributed by atoms with Gasteiger partial charge in [-0.05, 0) is 36.3 Å². The molecule has 1 aromatic heterocycles. The summed E-state index contributed by atoms with van der Waals surface area (Å²) in [7, 11) is 0. The van der Waals surface area contributed by atoms with Crippen LogP contribution >= 0.6 is 0 Å². The van der Waals surface area contributed by atoms with Gasteiger partial charge < -0.3 is 14.2 Å². The van der Waals surface area contributed by atoms with E-state index in [4.69, 9.17) is 9.47 Å². The van der Waals surface area contributed by atoms with E-state index >= 15 is 0 Å². The van der Waals surface area contributed by atoms with Gasteiger partial charge in [-0.1, -0.05) is 6.07 Å². The molecule has 11 heteroatoms. The second-order valence-electron chi connectivity index (χ2n) is 7.00. The molecule has 174 valence electrons. The van der Waals surface area contributed by atoms with Gasteiger partial charge in [0.2, 0.25) is 34.9 Å². The molecule has 0 saturated heterocycles. The monoisotopic (exact) mass is 477 g/mol. The first-order chi connectivity index (χ1) is 16.2. The number of halogens is 5. The third-order valence-electron chi connectivity index (χ3n) is 4.66. The molecule has 2 aromatic carbocycles. The number of carbonyl (C=O) groups excluding carboxylic acids is 2. The highest BCUT2D eigenvalue weighted by molar-refractivity contribution is 6.15. The molecule has 6 nitrogen and oxygen atoms in total. The average molecular weight is 477 g/mol. The highest BCUT2D eigenvalue weighted by atomic mass is 19.2. The normalized spacial score (nSPS) is 13.6. The average Bonchev–Trinajstić information content (AvgIpc) is 3.12. The molecular weight excluding hydrogens is 465 g/mol. The maximum atomic E-state index is 13.7. The molecule has 0 radical (unpaired) electrons. The fourth-order valence-electron chi connectivity index (χ4n) is 3.15. The number of esters is 1. The number of benzene rings is 2. The summed E-state index contributed by atoms with van der Waals surface area (Å²) < 4.78 is 81.9. The zero-order valence-electron chi connectivity index (χ0n) is 17.1. The molecule has 1 aliphatic rings. The number of ether oxygens (including phenoxy) is 3. The third-order valence-corrected chi connectivity index (χ3v) is 4.66. The van der Waals surface area contributed by atoms with Crippen molar-refractivity contribution in [3.05, 3.63) is 88.2 Å². The number of allylic oxidation sites excluding steroid dienone is 1. The summed E-state index contributed by atoms with van der Waals surface area (Å²) in [6.45, 7) is 0.399. The lowest BCUT2D eigenvalue weighted by atomic mass is 10.0. The second kappa shape index (κ2) is 8.93. The van der Waals surface area contributed by atoms with Crippen LogP contribution in [-0.4, -0.2) is 23.3 Å². The van der Waals surface area contributed by atoms with E-state index in [9.17, 15) is 31.5 Å². The number of ketones is 1. The van der Waals surface area contributed by atoms with Gasteiger partial charge in [-0.2, -0.15) is 8.78 Å². The summed E-state index contributed by atoms with van der Waals surface area (Å²) in [5, 5.41) is 0. The Hall–Kier alpha value is -4.28. The van der Waals surface area contributed by atoms with Crippen LogP contribution in [0, 0.1) is 36.0 Å². The largest absolute Gasteiger partial charge is 0.476 e. The number of carbonyl (C=O) groups is 2. The Labute approximate surface area is 188 Å². The summed E-state index contributed by atoms with van der Waals surface area (Å²) in [5.74, 6) is -14.4. The quantitative estimate of drug-likeness (QED) is 0.133. The molecule has 0 fully saturated rings. The van der Waals surface area contributed by atoms with Crippen LogP contribution in [0.4, 0.5) is 22.0 Å². The number of hydrogen-bond donors (Lipinski definition) is 0. The molecule has 0 aliphatic carbocycles. The van der Waals surface area contributed by atoms with E-state index in [0.29, 0.717) is 11.1 Å². The molecule has 2 heterocycles. The molecule has 0 saturated carbocycles. The lowest BCUT2D eigenvalue weighted by Gasteiger charge is -2.11. The van der Waals surface area contributed by atoms with Crippen LogP contribution in [0.1, 0.15) is 21.5 Å². The summed E-state index contributed by atoms with van der Waals surface area (Å²) >= 11 is 0. The number of hydrogen-bond acceptors (Lipinski definition) is 6. The van der Waals surface area contributed by atoms with Crippen molar-refractivity contribution in [3.8, 4) is 17.2 Å². The van der Waals surface area contributed by atoms with E-state index in [1.807, 2.05) is 0 Å². The van der Waals surface area contributed by atoms with E-state index in [0.717, 1.165) is 0 Å². The van der Waals surface area contributed by atoms with Crippen LogP contribution in [-0.2, 0) is 4.79 Å². The van der Waals surface area contributed by atoms with Crippen molar-refractivity contribution in [2.75, 3.05) is 6.61 Å². The third kappa shape index (κ3) is 4.19. The van der Waals surface area contributed by atoms with Gasteiger partial charge in [-0.15, -0.1) is 0 Å². The van der Waals surface area contributed by atoms with E-state index in [-0.39, 0.29) is 22.8 Å². The molecule has 4 rings (SSSR count). The van der Waals surface area contributed by atoms with Crippen molar-refractivity contribution in [2.24, 2.45) is 0 Å². The smallest absolute Gasteiger partial charge is 0.349 e. The number of aromatic nitrogens is 1. The summed E-state index contributed by atoms with van der Waals surface area (Å²) in [6.07, 6.45) is 4.57. The lowest BCUT2D eigenvalue weighted by molar-refractivity contribution is -0.136. The maximum Gasteiger partial charge on any atom is 0.349 e. The molecule has 0 unspecified atom stereocenters. The number of pyridine rings is 1. The number of aryl methyl sites for hydroxylation is 1. The van der Waals surface area contributed by atoms with E-state index in [1.165, 1.54) is 24.4 Å². The zero-order valence-corrected chi connectivity index (χ0v) is 17.1. The fourth-order valence-corrected chi connectivity index (χ4v) is 3.15. The van der Waals surface area contributed by atoms with Crippen molar-refractivity contribution in [1.82, 2.24) is 4.98 Å². The number of Topliss-reactive ketones (excluding diaryl/α,β-unsaturated/α-hetero) is 1. The number of nitrogens with zero attached hydrogens (tertiary/aromatic N) is 1. The Morgan fingerprint density at radius 1 is 1.06 bits per heavy atom. The first kappa shape index (κ1) is 22.9. The Morgan fingerprint density at radius 2 is 1.74 bits per heavy atom. The summed E-state index contributed by atoms with van der Waals surface area (Å²) in [6, 6.07) is 5.96. The first-order valence-corrected chi connectivity index (χ1v) is 9.51. The molecule has 1 aliphatic heterocycles. The van der Waals surface area contributed by atoms with Crippen LogP contribution in [0.15, 0.2) is 42.4 Å². The van der Waals surface area contributed by atoms with Gasteiger partial charge in [0, 0.05) is 18.5 Å².